The Hall–Kier alpha value is -2.61. The van der Waals surface area contributed by atoms with Crippen molar-refractivity contribution in [1.82, 2.24) is 9.97 Å². The van der Waals surface area contributed by atoms with E-state index in [1.165, 1.54) is 0 Å². The third kappa shape index (κ3) is 13.6. The van der Waals surface area contributed by atoms with Crippen LogP contribution in [0.25, 0.3) is 11.4 Å². The van der Waals surface area contributed by atoms with Gasteiger partial charge in [-0.3, -0.25) is 9.97 Å². The van der Waals surface area contributed by atoms with Gasteiger partial charge in [0.2, 0.25) is 0 Å². The molecule has 0 bridgehead atoms. The van der Waals surface area contributed by atoms with Gasteiger partial charge in [-0.15, -0.1) is 0 Å². The second-order valence-electron chi connectivity index (χ2n) is 2.88. The molecule has 114 valence electrons. The summed E-state index contributed by atoms with van der Waals surface area (Å²) in [6, 6.07) is 11.6. The van der Waals surface area contributed by atoms with Crippen molar-refractivity contribution in [1.29, 1.82) is 0 Å². The van der Waals surface area contributed by atoms with E-state index >= 15 is 0 Å². The smallest absolute Gasteiger partial charge is 0.356 e. The van der Waals surface area contributed by atoms with E-state index in [0.29, 0.717) is 0 Å². The molecule has 2 aromatic rings. The molecule has 0 aliphatic rings. The van der Waals surface area contributed by atoms with Crippen LogP contribution in [0.4, 0.5) is 0 Å². The summed E-state index contributed by atoms with van der Waals surface area (Å²) in [5.74, 6) is 0. The van der Waals surface area contributed by atoms with Gasteiger partial charge in [-0.25, -0.2) is 0 Å². The summed E-state index contributed by atoms with van der Waals surface area (Å²) in [7, 11) is 0. The average Bonchev–Trinajstić information content (AvgIpc) is 2.39. The molecule has 0 aliphatic carbocycles. The van der Waals surface area contributed by atoms with Crippen molar-refractivity contribution in [3.63, 3.8) is 0 Å². The molecule has 0 aromatic carbocycles. The summed E-state index contributed by atoms with van der Waals surface area (Å²) in [6.07, 6.45) is 3.54. The minimum atomic E-state index is -1.75. The van der Waals surface area contributed by atoms with Crippen LogP contribution in [0.5, 0.6) is 0 Å². The molecule has 0 unspecified atom stereocenters. The average molecular weight is 475 g/mol. The number of pyridine rings is 2. The van der Waals surface area contributed by atoms with E-state index in [2.05, 4.69) is 9.97 Å². The predicted octanol–water partition coefficient (Wildman–Crippen LogP) is 1.66. The van der Waals surface area contributed by atoms with Crippen LogP contribution in [0.2, 0.25) is 0 Å². The number of aromatic nitrogens is 2. The Labute approximate surface area is 132 Å². The fourth-order valence-electron chi connectivity index (χ4n) is 1.03. The molecule has 0 amide bonds. The molecule has 0 atom stereocenters. The van der Waals surface area contributed by atoms with E-state index in [0.717, 1.165) is 11.4 Å². The first-order valence-electron chi connectivity index (χ1n) is 4.89. The van der Waals surface area contributed by atoms with Gasteiger partial charge in [-0.2, -0.15) is 0 Å². The zero-order chi connectivity index (χ0) is 15.4. The molecule has 0 aliphatic heterocycles. The van der Waals surface area contributed by atoms with Crippen LogP contribution in [-0.4, -0.2) is 20.1 Å². The molecule has 0 saturated heterocycles. The van der Waals surface area contributed by atoms with Gasteiger partial charge in [0.25, 0.3) is 0 Å². The summed E-state index contributed by atoms with van der Waals surface area (Å²) in [4.78, 5) is 24.9. The van der Waals surface area contributed by atoms with Gasteiger partial charge in [-0.1, -0.05) is 12.1 Å². The van der Waals surface area contributed by atoms with Crippen LogP contribution in [0, 0.1) is 30.6 Å². The van der Waals surface area contributed by atoms with E-state index in [1.807, 2.05) is 36.4 Å². The molecule has 0 saturated carbocycles. The third-order valence-electron chi connectivity index (χ3n) is 1.59. The van der Waals surface area contributed by atoms with Crippen molar-refractivity contribution >= 4 is 0 Å². The van der Waals surface area contributed by atoms with E-state index < -0.39 is 10.2 Å². The summed E-state index contributed by atoms with van der Waals surface area (Å²) in [6.45, 7) is 0. The molecule has 2 heterocycles. The summed E-state index contributed by atoms with van der Waals surface area (Å²) >= 11 is 0. The van der Waals surface area contributed by atoms with Gasteiger partial charge in [0.15, 0.2) is 0 Å². The largest absolute Gasteiger partial charge is 2.00 e. The van der Waals surface area contributed by atoms with Gasteiger partial charge in [0.05, 0.1) is 21.6 Å². The zero-order valence-electron chi connectivity index (χ0n) is 10.2. The van der Waals surface area contributed by atoms with E-state index in [4.69, 9.17) is 30.6 Å². The molecule has 11 heteroatoms. The molecular formula is C10H8N4O6Pt. The molecule has 10 nitrogen and oxygen atoms in total. The molecule has 0 N–H and O–H groups in total. The molecule has 0 radical (unpaired) electrons. The van der Waals surface area contributed by atoms with Gasteiger partial charge in [0.1, 0.15) is 0 Å². The molecule has 21 heavy (non-hydrogen) atoms. The molecule has 2 aromatic heterocycles. The number of nitrogens with zero attached hydrogens (tertiary/aromatic N) is 4. The first-order chi connectivity index (χ1) is 9.43. The first kappa shape index (κ1) is 20.7. The Bertz CT molecular complexity index is 470. The maximum absolute atomic E-state index is 8.25. The van der Waals surface area contributed by atoms with E-state index in [9.17, 15) is 0 Å². The van der Waals surface area contributed by atoms with Crippen LogP contribution in [0.1, 0.15) is 0 Å². The number of hydrogen-bond acceptors (Lipinski definition) is 8. The van der Waals surface area contributed by atoms with Crippen molar-refractivity contribution in [3.8, 4) is 11.4 Å². The maximum Gasteiger partial charge on any atom is 2.00 e. The van der Waals surface area contributed by atoms with Crippen molar-refractivity contribution < 1.29 is 31.2 Å². The van der Waals surface area contributed by atoms with Crippen LogP contribution >= 0.6 is 0 Å². The minimum absolute atomic E-state index is 0. The van der Waals surface area contributed by atoms with Crippen molar-refractivity contribution in [3.05, 3.63) is 79.4 Å². The van der Waals surface area contributed by atoms with Gasteiger partial charge >= 0.3 is 21.1 Å². The number of hydrogen-bond donors (Lipinski definition) is 0. The molecule has 2 rings (SSSR count). The molecule has 0 fully saturated rings. The Morgan fingerprint density at radius 2 is 1.00 bits per heavy atom. The minimum Gasteiger partial charge on any atom is -0.356 e. The topological polar surface area (TPSA) is 158 Å². The van der Waals surface area contributed by atoms with Gasteiger partial charge < -0.3 is 30.6 Å². The number of rotatable bonds is 1. The van der Waals surface area contributed by atoms with Gasteiger partial charge in [-0.05, 0) is 24.3 Å². The van der Waals surface area contributed by atoms with Crippen LogP contribution in [-0.2, 0) is 21.1 Å². The normalized spacial score (nSPS) is 7.81. The predicted molar refractivity (Wildman–Crippen MR) is 68.2 cm³/mol. The van der Waals surface area contributed by atoms with Crippen LogP contribution < -0.4 is 0 Å². The van der Waals surface area contributed by atoms with Crippen LogP contribution in [0.15, 0.2) is 48.8 Å². The monoisotopic (exact) mass is 475 g/mol. The Kier molecular flexibility index (Phi) is 12.2. The second-order valence-corrected chi connectivity index (χ2v) is 2.88. The summed E-state index contributed by atoms with van der Waals surface area (Å²) in [5, 5.41) is 29.5. The Balaban J connectivity index is 0. The van der Waals surface area contributed by atoms with Crippen molar-refractivity contribution in [2.45, 2.75) is 0 Å². The van der Waals surface area contributed by atoms with Crippen molar-refractivity contribution in [2.75, 3.05) is 0 Å². The second kappa shape index (κ2) is 12.4. The SMILES string of the molecule is O=[N+]([O-])[O-].O=[N+]([O-])[O-].[Pt+2].c1ccc(-c2ccccn2)nc1. The third-order valence-corrected chi connectivity index (χ3v) is 1.59. The standard InChI is InChI=1S/C10H8N2.2NO3.Pt/c1-3-7-11-9(5-1)10-6-2-4-8-12-10;2*2-1(3)4;/h1-8H;;;/q;2*-1;+2. The molecule has 0 spiro atoms. The zero-order valence-corrected chi connectivity index (χ0v) is 12.4. The maximum atomic E-state index is 8.25. The summed E-state index contributed by atoms with van der Waals surface area (Å²) < 4.78 is 0. The Morgan fingerprint density at radius 1 is 0.714 bits per heavy atom. The van der Waals surface area contributed by atoms with E-state index in [1.54, 1.807) is 12.4 Å². The fraction of sp³-hybridized carbons (Fsp3) is 0. The summed E-state index contributed by atoms with van der Waals surface area (Å²) in [5.41, 5.74) is 1.83. The van der Waals surface area contributed by atoms with E-state index in [-0.39, 0.29) is 21.1 Å². The van der Waals surface area contributed by atoms with Gasteiger partial charge in [0, 0.05) is 12.4 Å². The van der Waals surface area contributed by atoms with Crippen LogP contribution in [0.3, 0.4) is 0 Å². The van der Waals surface area contributed by atoms with Crippen molar-refractivity contribution in [2.24, 2.45) is 0 Å². The fourth-order valence-corrected chi connectivity index (χ4v) is 1.03. The quantitative estimate of drug-likeness (QED) is 0.445. The first-order valence-corrected chi connectivity index (χ1v) is 4.89. The Morgan fingerprint density at radius 3 is 1.19 bits per heavy atom. The molecular weight excluding hydrogens is 467 g/mol.